The lowest BCUT2D eigenvalue weighted by atomic mass is 9.71. The van der Waals surface area contributed by atoms with Gasteiger partial charge in [-0.25, -0.2) is 0 Å². The summed E-state index contributed by atoms with van der Waals surface area (Å²) in [5, 5.41) is 5.81. The molecule has 3 amide bonds. The van der Waals surface area contributed by atoms with Crippen LogP contribution in [0.3, 0.4) is 0 Å². The molecule has 1 atom stereocenters. The van der Waals surface area contributed by atoms with E-state index >= 15 is 0 Å². The van der Waals surface area contributed by atoms with Crippen LogP contribution in [0.2, 0.25) is 0 Å². The van der Waals surface area contributed by atoms with Gasteiger partial charge in [-0.3, -0.25) is 24.6 Å². The van der Waals surface area contributed by atoms with E-state index in [0.717, 1.165) is 37.8 Å². The lowest BCUT2D eigenvalue weighted by Gasteiger charge is -2.63. The zero-order valence-corrected chi connectivity index (χ0v) is 17.7. The molecule has 6 rings (SSSR count). The Bertz CT molecular complexity index is 943. The molecule has 31 heavy (non-hydrogen) atoms. The largest absolute Gasteiger partial charge is 0.370 e. The standard InChI is InChI=1S/C23H29N5O3/c29-20-4-3-19(21(30)25-20)28-10-15-9-17(1-2-18(15)22(28)31)27-13-23(14-27)11-26(12-23)16-5-7-24-8-6-16/h1-2,9,16,19,24H,3-8,10-14H2,(H,25,29,30). The Morgan fingerprint density at radius 2 is 1.74 bits per heavy atom. The van der Waals surface area contributed by atoms with Gasteiger partial charge in [0.2, 0.25) is 11.8 Å². The average molecular weight is 424 g/mol. The Morgan fingerprint density at radius 3 is 2.48 bits per heavy atom. The molecule has 1 unspecified atom stereocenters. The molecule has 8 nitrogen and oxygen atoms in total. The maximum absolute atomic E-state index is 12.9. The summed E-state index contributed by atoms with van der Waals surface area (Å²) in [6.07, 6.45) is 3.22. The second kappa shape index (κ2) is 7.03. The number of hydrogen-bond donors (Lipinski definition) is 2. The number of amides is 3. The van der Waals surface area contributed by atoms with Gasteiger partial charge in [0.25, 0.3) is 5.91 Å². The average Bonchev–Trinajstić information content (AvgIpc) is 3.03. The number of benzene rings is 1. The van der Waals surface area contributed by atoms with Crippen LogP contribution >= 0.6 is 0 Å². The smallest absolute Gasteiger partial charge is 0.255 e. The van der Waals surface area contributed by atoms with Gasteiger partial charge in [-0.15, -0.1) is 0 Å². The van der Waals surface area contributed by atoms with E-state index in [4.69, 9.17) is 0 Å². The second-order valence-electron chi connectivity index (χ2n) is 9.98. The number of nitrogens with one attached hydrogen (secondary N) is 2. The molecule has 0 aromatic heterocycles. The van der Waals surface area contributed by atoms with E-state index in [1.165, 1.54) is 31.6 Å². The highest BCUT2D eigenvalue weighted by Crippen LogP contribution is 2.44. The van der Waals surface area contributed by atoms with Crippen molar-refractivity contribution in [2.45, 2.75) is 44.3 Å². The van der Waals surface area contributed by atoms with Crippen molar-refractivity contribution < 1.29 is 14.4 Å². The zero-order chi connectivity index (χ0) is 21.2. The molecule has 0 aliphatic carbocycles. The third kappa shape index (κ3) is 3.15. The van der Waals surface area contributed by atoms with Gasteiger partial charge in [0.05, 0.1) is 0 Å². The van der Waals surface area contributed by atoms with Crippen molar-refractivity contribution in [1.29, 1.82) is 0 Å². The molecule has 0 bridgehead atoms. The Kier molecular flexibility index (Phi) is 4.37. The molecule has 5 heterocycles. The number of rotatable bonds is 3. The minimum atomic E-state index is -0.552. The minimum Gasteiger partial charge on any atom is -0.370 e. The number of carbonyl (C=O) groups is 3. The van der Waals surface area contributed by atoms with Crippen LogP contribution < -0.4 is 15.5 Å². The van der Waals surface area contributed by atoms with E-state index in [1.54, 1.807) is 4.90 Å². The van der Waals surface area contributed by atoms with Gasteiger partial charge in [0.1, 0.15) is 6.04 Å². The van der Waals surface area contributed by atoms with E-state index in [9.17, 15) is 14.4 Å². The highest BCUT2D eigenvalue weighted by molar-refractivity contribution is 6.05. The first-order chi connectivity index (χ1) is 15.0. The summed E-state index contributed by atoms with van der Waals surface area (Å²) in [5.74, 6) is -0.715. The third-order valence-corrected chi connectivity index (χ3v) is 7.83. The number of fused-ring (bicyclic) bond motifs is 1. The molecular formula is C23H29N5O3. The van der Waals surface area contributed by atoms with Gasteiger partial charge in [-0.2, -0.15) is 0 Å². The van der Waals surface area contributed by atoms with Gasteiger partial charge in [0.15, 0.2) is 0 Å². The van der Waals surface area contributed by atoms with Crippen molar-refractivity contribution in [3.63, 3.8) is 0 Å². The summed E-state index contributed by atoms with van der Waals surface area (Å²) >= 11 is 0. The molecule has 4 saturated heterocycles. The van der Waals surface area contributed by atoms with Gasteiger partial charge in [0, 0.05) is 61.9 Å². The van der Waals surface area contributed by atoms with E-state index in [1.807, 2.05) is 12.1 Å². The highest BCUT2D eigenvalue weighted by atomic mass is 16.2. The number of carbonyl (C=O) groups excluding carboxylic acids is 3. The third-order valence-electron chi connectivity index (χ3n) is 7.83. The Balaban J connectivity index is 1.09. The van der Waals surface area contributed by atoms with Crippen molar-refractivity contribution in [3.05, 3.63) is 29.3 Å². The molecule has 8 heteroatoms. The number of anilines is 1. The fraction of sp³-hybridized carbons (Fsp3) is 0.609. The number of likely N-dealkylation sites (tertiary alicyclic amines) is 1. The number of hydrogen-bond acceptors (Lipinski definition) is 6. The van der Waals surface area contributed by atoms with E-state index < -0.39 is 6.04 Å². The summed E-state index contributed by atoms with van der Waals surface area (Å²) in [6.45, 7) is 7.31. The van der Waals surface area contributed by atoms with Gasteiger partial charge in [-0.1, -0.05) is 0 Å². The first kappa shape index (κ1) is 19.3. The fourth-order valence-corrected chi connectivity index (χ4v) is 6.15. The fourth-order valence-electron chi connectivity index (χ4n) is 6.15. The summed E-state index contributed by atoms with van der Waals surface area (Å²) in [6, 6.07) is 6.27. The topological polar surface area (TPSA) is 85.0 Å². The van der Waals surface area contributed by atoms with Crippen LogP contribution in [-0.2, 0) is 16.1 Å². The molecule has 1 aromatic carbocycles. The van der Waals surface area contributed by atoms with Gasteiger partial charge >= 0.3 is 0 Å². The molecule has 4 fully saturated rings. The Morgan fingerprint density at radius 1 is 0.968 bits per heavy atom. The van der Waals surface area contributed by atoms with Crippen LogP contribution in [0.25, 0.3) is 0 Å². The van der Waals surface area contributed by atoms with Crippen molar-refractivity contribution in [1.82, 2.24) is 20.4 Å². The molecule has 1 aromatic rings. The lowest BCUT2D eigenvalue weighted by Crippen LogP contribution is -2.74. The van der Waals surface area contributed by atoms with Crippen molar-refractivity contribution in [2.75, 3.05) is 44.2 Å². The summed E-state index contributed by atoms with van der Waals surface area (Å²) in [5.41, 5.74) is 3.28. The number of nitrogens with zero attached hydrogens (tertiary/aromatic N) is 3. The van der Waals surface area contributed by atoms with Crippen molar-refractivity contribution >= 4 is 23.4 Å². The van der Waals surface area contributed by atoms with Crippen molar-refractivity contribution in [2.24, 2.45) is 5.41 Å². The molecule has 2 N–H and O–H groups in total. The maximum Gasteiger partial charge on any atom is 0.255 e. The number of piperidine rings is 2. The maximum atomic E-state index is 12.9. The second-order valence-corrected chi connectivity index (χ2v) is 9.98. The van der Waals surface area contributed by atoms with Crippen LogP contribution in [0.4, 0.5) is 5.69 Å². The molecule has 0 radical (unpaired) electrons. The zero-order valence-electron chi connectivity index (χ0n) is 17.7. The van der Waals surface area contributed by atoms with Crippen LogP contribution in [0.1, 0.15) is 41.6 Å². The predicted molar refractivity (Wildman–Crippen MR) is 115 cm³/mol. The lowest BCUT2D eigenvalue weighted by molar-refractivity contribution is -0.136. The molecule has 0 saturated carbocycles. The predicted octanol–water partition coefficient (Wildman–Crippen LogP) is 0.322. The first-order valence-corrected chi connectivity index (χ1v) is 11.5. The van der Waals surface area contributed by atoms with E-state index in [2.05, 4.69) is 26.5 Å². The molecule has 164 valence electrons. The van der Waals surface area contributed by atoms with E-state index in [-0.39, 0.29) is 24.1 Å². The van der Waals surface area contributed by atoms with Crippen LogP contribution in [0.5, 0.6) is 0 Å². The summed E-state index contributed by atoms with van der Waals surface area (Å²) in [4.78, 5) is 43.2. The first-order valence-electron chi connectivity index (χ1n) is 11.5. The van der Waals surface area contributed by atoms with Gasteiger partial charge < -0.3 is 15.1 Å². The van der Waals surface area contributed by atoms with Crippen molar-refractivity contribution in [3.8, 4) is 0 Å². The highest BCUT2D eigenvalue weighted by Gasteiger charge is 2.53. The normalized spacial score (nSPS) is 28.4. The van der Waals surface area contributed by atoms with E-state index in [0.29, 0.717) is 23.9 Å². The number of imide groups is 1. The Hall–Kier alpha value is -2.45. The van der Waals surface area contributed by atoms with Gasteiger partial charge in [-0.05, 0) is 56.1 Å². The van der Waals surface area contributed by atoms with Crippen LogP contribution in [0.15, 0.2) is 18.2 Å². The summed E-state index contributed by atoms with van der Waals surface area (Å²) < 4.78 is 0. The molecule has 5 aliphatic rings. The molecule has 1 spiro atoms. The molecule has 5 aliphatic heterocycles. The SMILES string of the molecule is O=C1CCC(N2Cc3cc(N4CC5(C4)CN(C4CCNCC4)C5)ccc3C2=O)C(=O)N1. The van der Waals surface area contributed by atoms with Crippen LogP contribution in [-0.4, -0.2) is 78.9 Å². The summed E-state index contributed by atoms with van der Waals surface area (Å²) in [7, 11) is 0. The quantitative estimate of drug-likeness (QED) is 0.682. The van der Waals surface area contributed by atoms with Crippen LogP contribution in [0, 0.1) is 5.41 Å². The molecular weight excluding hydrogens is 394 g/mol. The monoisotopic (exact) mass is 423 g/mol. The Labute approximate surface area is 181 Å². The minimum absolute atomic E-state index is 0.104.